The van der Waals surface area contributed by atoms with Crippen LogP contribution in [0, 0.1) is 0 Å². The predicted molar refractivity (Wildman–Crippen MR) is 79.1 cm³/mol. The first-order chi connectivity index (χ1) is 9.22. The van der Waals surface area contributed by atoms with Gasteiger partial charge in [-0.15, -0.1) is 11.3 Å². The lowest BCUT2D eigenvalue weighted by atomic mass is 10.1. The largest absolute Gasteiger partial charge is 0.292 e. The van der Waals surface area contributed by atoms with Gasteiger partial charge in [-0.05, 0) is 30.7 Å². The van der Waals surface area contributed by atoms with Gasteiger partial charge in [0, 0.05) is 17.8 Å². The summed E-state index contributed by atoms with van der Waals surface area (Å²) >= 11 is 7.78. The summed E-state index contributed by atoms with van der Waals surface area (Å²) in [5.74, 6) is 0.0903. The maximum atomic E-state index is 12.2. The van der Waals surface area contributed by atoms with Crippen LogP contribution in [0.3, 0.4) is 0 Å². The quantitative estimate of drug-likeness (QED) is 0.717. The van der Waals surface area contributed by atoms with Crippen molar-refractivity contribution < 1.29 is 4.79 Å². The molecular formula is C14H17ClN2OS. The van der Waals surface area contributed by atoms with Gasteiger partial charge in [-0.1, -0.05) is 24.6 Å². The second kappa shape index (κ2) is 6.87. The number of carbonyl (C=O) groups is 1. The van der Waals surface area contributed by atoms with Crippen molar-refractivity contribution in [1.29, 1.82) is 0 Å². The number of hydrogen-bond donors (Lipinski definition) is 0. The van der Waals surface area contributed by atoms with Crippen molar-refractivity contribution in [3.63, 3.8) is 0 Å². The minimum Gasteiger partial charge on any atom is -0.292 e. The van der Waals surface area contributed by atoms with Gasteiger partial charge in [0.25, 0.3) is 0 Å². The van der Waals surface area contributed by atoms with E-state index in [1.807, 2.05) is 6.07 Å². The molecule has 0 saturated carbocycles. The van der Waals surface area contributed by atoms with E-state index in [1.54, 1.807) is 22.2 Å². The SMILES string of the molecule is CCCn1ncc(Cl)c1C(=O)CCCc1cccs1. The van der Waals surface area contributed by atoms with E-state index in [0.29, 0.717) is 17.1 Å². The summed E-state index contributed by atoms with van der Waals surface area (Å²) in [6.07, 6.45) is 4.82. The third kappa shape index (κ3) is 3.67. The predicted octanol–water partition coefficient (Wildman–Crippen LogP) is 4.21. The Morgan fingerprint density at radius 3 is 3.05 bits per heavy atom. The van der Waals surface area contributed by atoms with Gasteiger partial charge in [-0.2, -0.15) is 5.10 Å². The minimum atomic E-state index is 0.0903. The molecule has 2 aromatic heterocycles. The Morgan fingerprint density at radius 1 is 1.53 bits per heavy atom. The molecule has 3 nitrogen and oxygen atoms in total. The van der Waals surface area contributed by atoms with Gasteiger partial charge in [-0.3, -0.25) is 9.48 Å². The standard InChI is InChI=1S/C14H17ClN2OS/c1-2-8-17-14(12(15)10-16-17)13(18)7-3-5-11-6-4-9-19-11/h4,6,9-10H,2-3,5,7-8H2,1H3. The van der Waals surface area contributed by atoms with E-state index >= 15 is 0 Å². The molecule has 2 aromatic rings. The van der Waals surface area contributed by atoms with Gasteiger partial charge in [0.05, 0.1) is 11.2 Å². The van der Waals surface area contributed by atoms with E-state index in [9.17, 15) is 4.79 Å². The third-order valence-corrected chi connectivity index (χ3v) is 4.11. The van der Waals surface area contributed by atoms with Crippen LogP contribution in [0.15, 0.2) is 23.7 Å². The molecule has 0 aliphatic rings. The van der Waals surface area contributed by atoms with E-state index in [0.717, 1.165) is 25.8 Å². The van der Waals surface area contributed by atoms with Gasteiger partial charge < -0.3 is 0 Å². The fraction of sp³-hybridized carbons (Fsp3) is 0.429. The van der Waals surface area contributed by atoms with Gasteiger partial charge in [0.15, 0.2) is 5.78 Å². The van der Waals surface area contributed by atoms with Crippen LogP contribution < -0.4 is 0 Å². The molecule has 0 unspecified atom stereocenters. The highest BCUT2D eigenvalue weighted by Crippen LogP contribution is 2.19. The Balaban J connectivity index is 1.94. The summed E-state index contributed by atoms with van der Waals surface area (Å²) in [5, 5.41) is 6.68. The number of halogens is 1. The Hall–Kier alpha value is -1.13. The zero-order chi connectivity index (χ0) is 13.7. The number of aromatic nitrogens is 2. The molecule has 0 aliphatic heterocycles. The zero-order valence-electron chi connectivity index (χ0n) is 10.9. The molecule has 102 valence electrons. The number of carbonyl (C=O) groups excluding carboxylic acids is 1. The van der Waals surface area contributed by atoms with Crippen molar-refractivity contribution in [2.75, 3.05) is 0 Å². The van der Waals surface area contributed by atoms with Crippen LogP contribution in [0.25, 0.3) is 0 Å². The monoisotopic (exact) mass is 296 g/mol. The highest BCUT2D eigenvalue weighted by Gasteiger charge is 2.16. The normalized spacial score (nSPS) is 10.8. The summed E-state index contributed by atoms with van der Waals surface area (Å²) < 4.78 is 1.72. The number of rotatable bonds is 7. The topological polar surface area (TPSA) is 34.9 Å². The van der Waals surface area contributed by atoms with Gasteiger partial charge >= 0.3 is 0 Å². The average molecular weight is 297 g/mol. The van der Waals surface area contributed by atoms with Gasteiger partial charge in [0.2, 0.25) is 0 Å². The first-order valence-corrected chi connectivity index (χ1v) is 7.75. The van der Waals surface area contributed by atoms with E-state index < -0.39 is 0 Å². The van der Waals surface area contributed by atoms with Crippen LogP contribution in [-0.4, -0.2) is 15.6 Å². The van der Waals surface area contributed by atoms with Crippen molar-refractivity contribution in [1.82, 2.24) is 9.78 Å². The molecule has 0 aliphatic carbocycles. The lowest BCUT2D eigenvalue weighted by Crippen LogP contribution is -2.11. The second-order valence-corrected chi connectivity index (χ2v) is 5.86. The van der Waals surface area contributed by atoms with Crippen molar-refractivity contribution in [2.45, 2.75) is 39.2 Å². The summed E-state index contributed by atoms with van der Waals surface area (Å²) in [6, 6.07) is 4.14. The summed E-state index contributed by atoms with van der Waals surface area (Å²) in [4.78, 5) is 13.5. The molecule has 0 fully saturated rings. The molecular weight excluding hydrogens is 280 g/mol. The number of thiophene rings is 1. The molecule has 5 heteroatoms. The molecule has 0 amide bonds. The van der Waals surface area contributed by atoms with Crippen molar-refractivity contribution in [3.05, 3.63) is 39.3 Å². The average Bonchev–Trinajstić information content (AvgIpc) is 3.00. The fourth-order valence-corrected chi connectivity index (χ4v) is 3.02. The Morgan fingerprint density at radius 2 is 2.37 bits per heavy atom. The number of ketones is 1. The van der Waals surface area contributed by atoms with E-state index in [1.165, 1.54) is 4.88 Å². The lowest BCUT2D eigenvalue weighted by Gasteiger charge is -2.05. The van der Waals surface area contributed by atoms with Crippen LogP contribution in [0.1, 0.15) is 41.6 Å². The molecule has 0 spiro atoms. The zero-order valence-corrected chi connectivity index (χ0v) is 12.5. The highest BCUT2D eigenvalue weighted by molar-refractivity contribution is 7.09. The Labute approximate surface area is 122 Å². The Kier molecular flexibility index (Phi) is 5.16. The van der Waals surface area contributed by atoms with Crippen molar-refractivity contribution in [3.8, 4) is 0 Å². The number of hydrogen-bond acceptors (Lipinski definition) is 3. The molecule has 2 rings (SSSR count). The third-order valence-electron chi connectivity index (χ3n) is 2.90. The number of nitrogens with zero attached hydrogens (tertiary/aromatic N) is 2. The molecule has 0 atom stereocenters. The molecule has 0 aromatic carbocycles. The van der Waals surface area contributed by atoms with Gasteiger partial charge in [0.1, 0.15) is 5.69 Å². The van der Waals surface area contributed by atoms with Gasteiger partial charge in [-0.25, -0.2) is 0 Å². The molecule has 0 saturated heterocycles. The van der Waals surface area contributed by atoms with Crippen LogP contribution in [-0.2, 0) is 13.0 Å². The molecule has 0 radical (unpaired) electrons. The molecule has 0 bridgehead atoms. The van der Waals surface area contributed by atoms with E-state index in [2.05, 4.69) is 23.5 Å². The first-order valence-electron chi connectivity index (χ1n) is 6.49. The summed E-state index contributed by atoms with van der Waals surface area (Å²) in [7, 11) is 0. The van der Waals surface area contributed by atoms with E-state index in [-0.39, 0.29) is 5.78 Å². The van der Waals surface area contributed by atoms with Crippen LogP contribution in [0.2, 0.25) is 5.02 Å². The molecule has 0 N–H and O–H groups in total. The van der Waals surface area contributed by atoms with Crippen LogP contribution in [0.4, 0.5) is 0 Å². The maximum absolute atomic E-state index is 12.2. The van der Waals surface area contributed by atoms with Crippen LogP contribution >= 0.6 is 22.9 Å². The summed E-state index contributed by atoms with van der Waals surface area (Å²) in [6.45, 7) is 2.79. The highest BCUT2D eigenvalue weighted by atomic mass is 35.5. The smallest absolute Gasteiger partial charge is 0.182 e. The van der Waals surface area contributed by atoms with Crippen LogP contribution in [0.5, 0.6) is 0 Å². The maximum Gasteiger partial charge on any atom is 0.182 e. The van der Waals surface area contributed by atoms with Crippen molar-refractivity contribution >= 4 is 28.7 Å². The van der Waals surface area contributed by atoms with E-state index in [4.69, 9.17) is 11.6 Å². The first kappa shape index (κ1) is 14.3. The second-order valence-electron chi connectivity index (χ2n) is 4.42. The number of Topliss-reactive ketones (excluding diaryl/α,β-unsaturated/α-hetero) is 1. The lowest BCUT2D eigenvalue weighted by molar-refractivity contribution is 0.0969. The van der Waals surface area contributed by atoms with Crippen molar-refractivity contribution in [2.24, 2.45) is 0 Å². The summed E-state index contributed by atoms with van der Waals surface area (Å²) in [5.41, 5.74) is 0.565. The fourth-order valence-electron chi connectivity index (χ4n) is 2.02. The number of aryl methyl sites for hydroxylation is 2. The minimum absolute atomic E-state index is 0.0903. The Bertz CT molecular complexity index is 534. The molecule has 19 heavy (non-hydrogen) atoms. The molecule has 2 heterocycles.